The zero-order valence-electron chi connectivity index (χ0n) is 22.8. The summed E-state index contributed by atoms with van der Waals surface area (Å²) in [5.74, 6) is -1.60. The molecule has 2 amide bonds. The molecule has 3 N–H and O–H groups in total. The number of carboxylic acid groups (broad SMARTS) is 1. The molecule has 0 bridgehead atoms. The summed E-state index contributed by atoms with van der Waals surface area (Å²) in [7, 11) is 0. The molecule has 1 saturated heterocycles. The fourth-order valence-corrected chi connectivity index (χ4v) is 5.79. The van der Waals surface area contributed by atoms with Crippen LogP contribution in [-0.4, -0.2) is 58.4 Å². The first-order valence-corrected chi connectivity index (χ1v) is 13.8. The van der Waals surface area contributed by atoms with Crippen LogP contribution in [0.3, 0.4) is 0 Å². The zero-order valence-corrected chi connectivity index (χ0v) is 22.8. The van der Waals surface area contributed by atoms with Gasteiger partial charge in [-0.1, -0.05) is 84.0 Å². The first-order valence-electron chi connectivity index (χ1n) is 13.8. The number of carboxylic acids is 1. The molecule has 3 aromatic carbocycles. The molecule has 2 heterocycles. The lowest BCUT2D eigenvalue weighted by atomic mass is 9.98. The number of hydrogen-bond donors (Lipinski definition) is 3. The Kier molecular flexibility index (Phi) is 7.45. The van der Waals surface area contributed by atoms with E-state index in [9.17, 15) is 19.5 Å². The molecule has 4 aromatic rings. The number of benzene rings is 3. The summed E-state index contributed by atoms with van der Waals surface area (Å²) in [5, 5.41) is 19.1. The number of amides is 2. The molecule has 1 aliphatic carbocycles. The van der Waals surface area contributed by atoms with Gasteiger partial charge in [-0.2, -0.15) is 0 Å². The summed E-state index contributed by atoms with van der Waals surface area (Å²) in [4.78, 5) is 39.7. The zero-order chi connectivity index (χ0) is 29.1. The molecule has 0 saturated carbocycles. The summed E-state index contributed by atoms with van der Waals surface area (Å²) in [6.45, 7) is 1.39. The van der Waals surface area contributed by atoms with Crippen LogP contribution in [0.2, 0.25) is 0 Å². The van der Waals surface area contributed by atoms with E-state index in [1.165, 1.54) is 6.07 Å². The van der Waals surface area contributed by atoms with Crippen LogP contribution < -0.4 is 10.6 Å². The number of ether oxygens (including phenoxy) is 1. The highest BCUT2D eigenvalue weighted by molar-refractivity contribution is 5.96. The summed E-state index contributed by atoms with van der Waals surface area (Å²) >= 11 is 0. The number of rotatable bonds is 9. The van der Waals surface area contributed by atoms with E-state index < -0.39 is 23.5 Å². The van der Waals surface area contributed by atoms with Crippen LogP contribution in [0.25, 0.3) is 11.1 Å². The normalized spacial score (nSPS) is 17.8. The Morgan fingerprint density at radius 1 is 0.976 bits per heavy atom. The highest BCUT2D eigenvalue weighted by Crippen LogP contribution is 2.44. The van der Waals surface area contributed by atoms with Crippen LogP contribution in [-0.2, 0) is 22.6 Å². The third-order valence-electron chi connectivity index (χ3n) is 7.90. The lowest BCUT2D eigenvalue weighted by molar-refractivity contribution is -0.144. The Morgan fingerprint density at radius 2 is 1.64 bits per heavy atom. The molecule has 42 heavy (non-hydrogen) atoms. The van der Waals surface area contributed by atoms with Gasteiger partial charge in [-0.25, -0.2) is 9.59 Å². The van der Waals surface area contributed by atoms with Crippen LogP contribution in [0.1, 0.15) is 45.3 Å². The molecule has 1 aliphatic heterocycles. The van der Waals surface area contributed by atoms with Crippen molar-refractivity contribution >= 4 is 18.0 Å². The van der Waals surface area contributed by atoms with Crippen molar-refractivity contribution < 1.29 is 28.8 Å². The van der Waals surface area contributed by atoms with Gasteiger partial charge in [0.25, 0.3) is 5.91 Å². The minimum absolute atomic E-state index is 0.0497. The van der Waals surface area contributed by atoms with Gasteiger partial charge in [0.05, 0.1) is 6.54 Å². The molecule has 1 unspecified atom stereocenters. The summed E-state index contributed by atoms with van der Waals surface area (Å²) in [6.07, 6.45) is -0.372. The van der Waals surface area contributed by atoms with Gasteiger partial charge < -0.3 is 25.0 Å². The maximum Gasteiger partial charge on any atom is 0.407 e. The van der Waals surface area contributed by atoms with Gasteiger partial charge >= 0.3 is 12.1 Å². The second-order valence-corrected chi connectivity index (χ2v) is 10.6. The largest absolute Gasteiger partial charge is 0.479 e. The first kappa shape index (κ1) is 27.2. The van der Waals surface area contributed by atoms with E-state index in [0.717, 1.165) is 27.8 Å². The number of aliphatic carboxylic acids is 1. The molecule has 1 fully saturated rings. The third kappa shape index (κ3) is 5.48. The molecule has 10 nitrogen and oxygen atoms in total. The number of likely N-dealkylation sites (tertiary alicyclic amines) is 1. The Balaban J connectivity index is 1.02. The second kappa shape index (κ2) is 11.5. The van der Waals surface area contributed by atoms with E-state index in [2.05, 4.69) is 27.9 Å². The van der Waals surface area contributed by atoms with Gasteiger partial charge in [0.15, 0.2) is 17.0 Å². The monoisotopic (exact) mass is 566 g/mol. The van der Waals surface area contributed by atoms with Crippen LogP contribution in [0.5, 0.6) is 0 Å². The number of nitrogens with one attached hydrogen (secondary N) is 2. The van der Waals surface area contributed by atoms with Crippen molar-refractivity contribution in [3.05, 3.63) is 113 Å². The van der Waals surface area contributed by atoms with Crippen LogP contribution in [0.15, 0.2) is 89.5 Å². The van der Waals surface area contributed by atoms with Crippen LogP contribution in [0.4, 0.5) is 4.79 Å². The number of carbonyl (C=O) groups is 3. The minimum Gasteiger partial charge on any atom is -0.479 e. The average molecular weight is 567 g/mol. The van der Waals surface area contributed by atoms with E-state index >= 15 is 0 Å². The average Bonchev–Trinajstić information content (AvgIpc) is 3.72. The number of alkyl carbamates (subject to hydrolysis) is 1. The topological polar surface area (TPSA) is 134 Å². The molecule has 0 spiro atoms. The molecule has 6 rings (SSSR count). The lowest BCUT2D eigenvalue weighted by Crippen LogP contribution is -2.56. The minimum atomic E-state index is -1.44. The first-order chi connectivity index (χ1) is 20.4. The molecule has 1 atom stereocenters. The van der Waals surface area contributed by atoms with E-state index in [1.54, 1.807) is 0 Å². The third-order valence-corrected chi connectivity index (χ3v) is 7.90. The Hall–Kier alpha value is -4.96. The van der Waals surface area contributed by atoms with E-state index in [-0.39, 0.29) is 43.5 Å². The van der Waals surface area contributed by atoms with Crippen molar-refractivity contribution in [2.75, 3.05) is 19.7 Å². The van der Waals surface area contributed by atoms with Gasteiger partial charge in [0, 0.05) is 31.6 Å². The van der Waals surface area contributed by atoms with Crippen molar-refractivity contribution in [2.24, 2.45) is 0 Å². The lowest BCUT2D eigenvalue weighted by Gasteiger charge is -2.25. The molecule has 2 aliphatic rings. The summed E-state index contributed by atoms with van der Waals surface area (Å²) < 4.78 is 10.8. The second-order valence-electron chi connectivity index (χ2n) is 10.6. The molecule has 0 radical (unpaired) electrons. The van der Waals surface area contributed by atoms with Crippen LogP contribution >= 0.6 is 0 Å². The molecular weight excluding hydrogens is 536 g/mol. The highest BCUT2D eigenvalue weighted by Gasteiger charge is 2.46. The smallest absolute Gasteiger partial charge is 0.407 e. The van der Waals surface area contributed by atoms with Gasteiger partial charge in [0.2, 0.25) is 0 Å². The number of fused-ring (bicyclic) bond motifs is 3. The molecular formula is C32H30N4O6. The maximum atomic E-state index is 13.0. The fraction of sp³-hybridized carbons (Fsp3) is 0.250. The number of carbonyl (C=O) groups excluding carboxylic acids is 2. The highest BCUT2D eigenvalue weighted by atomic mass is 16.5. The Bertz CT molecular complexity index is 1570. The fourth-order valence-electron chi connectivity index (χ4n) is 5.79. The van der Waals surface area contributed by atoms with E-state index in [1.807, 2.05) is 71.6 Å². The standard InChI is InChI=1S/C32H30N4O6/c37-29(34-32(30(38)39)14-15-36(20-32)18-21-8-2-1-3-9-21)28-16-22(42-35-28)17-33-31(40)41-19-27-25-12-6-4-10-23(25)24-11-5-7-13-26(24)27/h1-13,16,27H,14-15,17-20H2,(H,33,40)(H,34,37)(H,38,39). The van der Waals surface area contributed by atoms with Crippen molar-refractivity contribution in [2.45, 2.75) is 31.0 Å². The van der Waals surface area contributed by atoms with Crippen LogP contribution in [0, 0.1) is 0 Å². The predicted octanol–water partition coefficient (Wildman–Crippen LogP) is 4.17. The molecule has 10 heteroatoms. The van der Waals surface area contributed by atoms with Gasteiger partial charge in [-0.3, -0.25) is 9.69 Å². The maximum absolute atomic E-state index is 13.0. The molecule has 214 valence electrons. The SMILES string of the molecule is O=C(NCc1cc(C(=O)NC2(C(=O)O)CCN(Cc3ccccc3)C2)no1)OCC1c2ccccc2-c2ccccc21. The summed E-state index contributed by atoms with van der Waals surface area (Å²) in [6, 6.07) is 27.3. The predicted molar refractivity (Wildman–Crippen MR) is 153 cm³/mol. The summed E-state index contributed by atoms with van der Waals surface area (Å²) in [5.41, 5.74) is 4.06. The van der Waals surface area contributed by atoms with Gasteiger partial charge in [0.1, 0.15) is 6.61 Å². The van der Waals surface area contributed by atoms with Crippen molar-refractivity contribution in [1.82, 2.24) is 20.7 Å². The number of nitrogens with zero attached hydrogens (tertiary/aromatic N) is 2. The van der Waals surface area contributed by atoms with Gasteiger partial charge in [-0.15, -0.1) is 0 Å². The van der Waals surface area contributed by atoms with Gasteiger partial charge in [-0.05, 0) is 34.2 Å². The van der Waals surface area contributed by atoms with Crippen molar-refractivity contribution in [1.29, 1.82) is 0 Å². The van der Waals surface area contributed by atoms with E-state index in [0.29, 0.717) is 13.1 Å². The quantitative estimate of drug-likeness (QED) is 0.275. The number of aromatic nitrogens is 1. The number of hydrogen-bond acceptors (Lipinski definition) is 7. The van der Waals surface area contributed by atoms with Crippen molar-refractivity contribution in [3.8, 4) is 11.1 Å². The van der Waals surface area contributed by atoms with Crippen molar-refractivity contribution in [3.63, 3.8) is 0 Å². The Morgan fingerprint density at radius 3 is 2.33 bits per heavy atom. The van der Waals surface area contributed by atoms with E-state index in [4.69, 9.17) is 9.26 Å². The molecule has 1 aromatic heterocycles. The Labute approximate surface area is 242 Å².